The predicted octanol–water partition coefficient (Wildman–Crippen LogP) is 3.34. The highest BCUT2D eigenvalue weighted by Gasteiger charge is 2.16. The quantitative estimate of drug-likeness (QED) is 0.654. The number of hydrogen-bond donors (Lipinski definition) is 1. The molecular weight excluding hydrogens is 184 g/mol. The highest BCUT2D eigenvalue weighted by Crippen LogP contribution is 2.20. The molecule has 0 bridgehead atoms. The third kappa shape index (κ3) is 6.52. The molecule has 2 atom stereocenters. The van der Waals surface area contributed by atoms with Gasteiger partial charge in [-0.3, -0.25) is 0 Å². The molecule has 0 saturated heterocycles. The number of rotatable bonds is 7. The van der Waals surface area contributed by atoms with Gasteiger partial charge in [-0.2, -0.15) is 5.26 Å². The lowest BCUT2D eigenvalue weighted by Gasteiger charge is -2.21. The molecule has 0 rings (SSSR count). The Hall–Kier alpha value is -0.550. The van der Waals surface area contributed by atoms with Crippen molar-refractivity contribution in [3.63, 3.8) is 0 Å². The first kappa shape index (κ1) is 14.5. The molecule has 0 aliphatic rings. The minimum Gasteiger partial charge on any atom is -0.314 e. The normalized spacial score (nSPS) is 15.7. The van der Waals surface area contributed by atoms with E-state index in [2.05, 4.69) is 32.2 Å². The summed E-state index contributed by atoms with van der Waals surface area (Å²) in [4.78, 5) is 0. The van der Waals surface area contributed by atoms with Crippen LogP contribution in [0.5, 0.6) is 0 Å². The molecule has 0 saturated carbocycles. The summed E-state index contributed by atoms with van der Waals surface area (Å²) in [6.45, 7) is 11.8. The van der Waals surface area contributed by atoms with E-state index in [1.54, 1.807) is 0 Å². The van der Waals surface area contributed by atoms with E-state index in [1.807, 2.05) is 13.8 Å². The van der Waals surface area contributed by atoms with Crippen LogP contribution in [0.3, 0.4) is 0 Å². The molecule has 88 valence electrons. The second-order valence-corrected chi connectivity index (χ2v) is 5.23. The predicted molar refractivity (Wildman–Crippen MR) is 65.5 cm³/mol. The number of hydrogen-bond acceptors (Lipinski definition) is 2. The minimum absolute atomic E-state index is 0.165. The van der Waals surface area contributed by atoms with Crippen molar-refractivity contribution in [2.24, 2.45) is 11.3 Å². The molecule has 2 heteroatoms. The van der Waals surface area contributed by atoms with Gasteiger partial charge in [0.2, 0.25) is 0 Å². The van der Waals surface area contributed by atoms with Gasteiger partial charge in [0.05, 0.1) is 11.5 Å². The van der Waals surface area contributed by atoms with Gasteiger partial charge < -0.3 is 5.32 Å². The molecule has 2 unspecified atom stereocenters. The van der Waals surface area contributed by atoms with Crippen LogP contribution >= 0.6 is 0 Å². The average molecular weight is 210 g/mol. The van der Waals surface area contributed by atoms with Crippen molar-refractivity contribution in [1.82, 2.24) is 5.32 Å². The fraction of sp³-hybridized carbons (Fsp3) is 0.923. The third-order valence-electron chi connectivity index (χ3n) is 3.25. The van der Waals surface area contributed by atoms with Crippen LogP contribution in [0.1, 0.15) is 53.9 Å². The Balaban J connectivity index is 3.60. The second kappa shape index (κ2) is 6.85. The van der Waals surface area contributed by atoms with E-state index in [1.165, 1.54) is 6.42 Å². The van der Waals surface area contributed by atoms with Crippen LogP contribution in [0, 0.1) is 22.7 Å². The maximum atomic E-state index is 8.86. The van der Waals surface area contributed by atoms with Crippen LogP contribution in [0.15, 0.2) is 0 Å². The highest BCUT2D eigenvalue weighted by atomic mass is 14.9. The maximum absolute atomic E-state index is 8.86. The summed E-state index contributed by atoms with van der Waals surface area (Å²) in [7, 11) is 0. The molecular formula is C13H26N2. The highest BCUT2D eigenvalue weighted by molar-refractivity contribution is 4.91. The Labute approximate surface area is 95.1 Å². The van der Waals surface area contributed by atoms with Gasteiger partial charge >= 0.3 is 0 Å². The molecule has 0 aliphatic heterocycles. The molecule has 0 aromatic heterocycles. The zero-order valence-electron chi connectivity index (χ0n) is 10.9. The molecule has 0 aliphatic carbocycles. The van der Waals surface area contributed by atoms with E-state index in [0.29, 0.717) is 6.04 Å². The van der Waals surface area contributed by atoms with Crippen LogP contribution in [0.4, 0.5) is 0 Å². The Morgan fingerprint density at radius 1 is 1.33 bits per heavy atom. The van der Waals surface area contributed by atoms with Crippen molar-refractivity contribution < 1.29 is 0 Å². The maximum Gasteiger partial charge on any atom is 0.0683 e. The molecule has 0 fully saturated rings. The number of nitrogens with zero attached hydrogens (tertiary/aromatic N) is 1. The van der Waals surface area contributed by atoms with E-state index in [0.717, 1.165) is 25.3 Å². The Morgan fingerprint density at radius 2 is 1.93 bits per heavy atom. The first-order valence-electron chi connectivity index (χ1n) is 6.07. The molecule has 15 heavy (non-hydrogen) atoms. The topological polar surface area (TPSA) is 35.8 Å². The molecule has 0 amide bonds. The molecule has 0 spiro atoms. The molecule has 0 aromatic rings. The zero-order chi connectivity index (χ0) is 11.9. The summed E-state index contributed by atoms with van der Waals surface area (Å²) in [6, 6.07) is 2.92. The van der Waals surface area contributed by atoms with Gasteiger partial charge in [-0.05, 0) is 46.1 Å². The lowest BCUT2D eigenvalue weighted by Crippen LogP contribution is -2.33. The van der Waals surface area contributed by atoms with Crippen LogP contribution in [0.25, 0.3) is 0 Å². The zero-order valence-corrected chi connectivity index (χ0v) is 10.9. The Morgan fingerprint density at radius 3 is 2.40 bits per heavy atom. The molecule has 2 nitrogen and oxygen atoms in total. The van der Waals surface area contributed by atoms with E-state index in [4.69, 9.17) is 5.26 Å². The van der Waals surface area contributed by atoms with Gasteiger partial charge in [-0.25, -0.2) is 0 Å². The van der Waals surface area contributed by atoms with Crippen LogP contribution in [-0.2, 0) is 0 Å². The minimum atomic E-state index is -0.165. The van der Waals surface area contributed by atoms with Crippen LogP contribution in [0.2, 0.25) is 0 Å². The smallest absolute Gasteiger partial charge is 0.0683 e. The Bertz CT molecular complexity index is 203. The number of nitriles is 1. The third-order valence-corrected chi connectivity index (χ3v) is 3.25. The van der Waals surface area contributed by atoms with Gasteiger partial charge in [-0.1, -0.05) is 20.3 Å². The summed E-state index contributed by atoms with van der Waals surface area (Å²) < 4.78 is 0. The van der Waals surface area contributed by atoms with Crippen molar-refractivity contribution in [2.45, 2.75) is 59.9 Å². The second-order valence-electron chi connectivity index (χ2n) is 5.23. The summed E-state index contributed by atoms with van der Waals surface area (Å²) in [6.07, 6.45) is 3.28. The first-order chi connectivity index (χ1) is 6.93. The fourth-order valence-corrected chi connectivity index (χ4v) is 1.47. The van der Waals surface area contributed by atoms with E-state index >= 15 is 0 Å². The van der Waals surface area contributed by atoms with Gasteiger partial charge in [0, 0.05) is 6.04 Å². The van der Waals surface area contributed by atoms with Crippen molar-refractivity contribution in [3.05, 3.63) is 0 Å². The van der Waals surface area contributed by atoms with Gasteiger partial charge in [0.25, 0.3) is 0 Å². The largest absolute Gasteiger partial charge is 0.314 e. The van der Waals surface area contributed by atoms with Crippen molar-refractivity contribution in [3.8, 4) is 6.07 Å². The van der Waals surface area contributed by atoms with Crippen molar-refractivity contribution in [2.75, 3.05) is 6.54 Å². The van der Waals surface area contributed by atoms with Gasteiger partial charge in [0.1, 0.15) is 0 Å². The monoisotopic (exact) mass is 210 g/mol. The van der Waals surface area contributed by atoms with Crippen LogP contribution < -0.4 is 5.32 Å². The van der Waals surface area contributed by atoms with E-state index < -0.39 is 0 Å². The Kier molecular flexibility index (Phi) is 6.60. The standard InChI is InChI=1S/C13H26N2/c1-6-11(2)12(3)15-9-7-8-13(4,5)10-14/h11-12,15H,6-9H2,1-5H3. The SMILES string of the molecule is CCC(C)C(C)NCCCC(C)(C)C#N. The molecule has 0 heterocycles. The lowest BCUT2D eigenvalue weighted by atomic mass is 9.90. The summed E-state index contributed by atoms with van der Waals surface area (Å²) in [5.41, 5.74) is -0.165. The van der Waals surface area contributed by atoms with Crippen molar-refractivity contribution >= 4 is 0 Å². The van der Waals surface area contributed by atoms with Crippen LogP contribution in [-0.4, -0.2) is 12.6 Å². The summed E-state index contributed by atoms with van der Waals surface area (Å²) in [5, 5.41) is 12.4. The van der Waals surface area contributed by atoms with E-state index in [-0.39, 0.29) is 5.41 Å². The summed E-state index contributed by atoms with van der Waals surface area (Å²) >= 11 is 0. The number of nitrogens with one attached hydrogen (secondary N) is 1. The van der Waals surface area contributed by atoms with Gasteiger partial charge in [-0.15, -0.1) is 0 Å². The first-order valence-corrected chi connectivity index (χ1v) is 6.07. The summed E-state index contributed by atoms with van der Waals surface area (Å²) in [5.74, 6) is 0.731. The average Bonchev–Trinajstić information content (AvgIpc) is 2.22. The molecule has 1 N–H and O–H groups in total. The fourth-order valence-electron chi connectivity index (χ4n) is 1.47. The van der Waals surface area contributed by atoms with E-state index in [9.17, 15) is 0 Å². The lowest BCUT2D eigenvalue weighted by molar-refractivity contribution is 0.367. The molecule has 0 radical (unpaired) electrons. The van der Waals surface area contributed by atoms with Gasteiger partial charge in [0.15, 0.2) is 0 Å². The van der Waals surface area contributed by atoms with Crippen molar-refractivity contribution in [1.29, 1.82) is 5.26 Å². The molecule has 0 aromatic carbocycles.